The summed E-state index contributed by atoms with van der Waals surface area (Å²) in [5.41, 5.74) is 4.16. The lowest BCUT2D eigenvalue weighted by atomic mass is 9.74. The molecule has 0 unspecified atom stereocenters. The smallest absolute Gasteiger partial charge is 0.0681 e. The van der Waals surface area contributed by atoms with Gasteiger partial charge in [-0.3, -0.25) is 0 Å². The number of nitrogens with one attached hydrogen (secondary N) is 1. The molecule has 2 heterocycles. The van der Waals surface area contributed by atoms with Crippen LogP contribution in [0.5, 0.6) is 0 Å². The molecule has 3 rings (SSSR count). The number of fused-ring (bicyclic) bond motifs is 2. The summed E-state index contributed by atoms with van der Waals surface area (Å²) in [6, 6.07) is 6.41. The van der Waals surface area contributed by atoms with Crippen LogP contribution in [0.3, 0.4) is 0 Å². The van der Waals surface area contributed by atoms with Crippen molar-refractivity contribution in [3.8, 4) is 0 Å². The van der Waals surface area contributed by atoms with Gasteiger partial charge in [-0.05, 0) is 43.1 Å². The van der Waals surface area contributed by atoms with Crippen LogP contribution in [0.2, 0.25) is 0 Å². The zero-order valence-electron chi connectivity index (χ0n) is 10.4. The van der Waals surface area contributed by atoms with Crippen LogP contribution < -0.4 is 10.2 Å². The number of benzene rings is 1. The third kappa shape index (κ3) is 1.65. The zero-order chi connectivity index (χ0) is 11.9. The number of aliphatic hydroxyl groups is 1. The van der Waals surface area contributed by atoms with E-state index in [1.54, 1.807) is 0 Å². The maximum Gasteiger partial charge on any atom is 0.0681 e. The first-order chi connectivity index (χ1) is 8.25. The fourth-order valence-electron chi connectivity index (χ4n) is 3.40. The second-order valence-electron chi connectivity index (χ2n) is 5.40. The highest BCUT2D eigenvalue weighted by atomic mass is 16.3. The Hall–Kier alpha value is -1.06. The highest BCUT2D eigenvalue weighted by Gasteiger charge is 2.42. The van der Waals surface area contributed by atoms with Gasteiger partial charge in [0, 0.05) is 24.7 Å². The Morgan fingerprint density at radius 3 is 2.82 bits per heavy atom. The summed E-state index contributed by atoms with van der Waals surface area (Å²) < 4.78 is 0. The minimum Gasteiger partial charge on any atom is -0.392 e. The maximum atomic E-state index is 9.30. The summed E-state index contributed by atoms with van der Waals surface area (Å²) in [6.07, 6.45) is 2.42. The molecule has 3 nitrogen and oxygen atoms in total. The van der Waals surface area contributed by atoms with E-state index >= 15 is 0 Å². The minimum atomic E-state index is 0.144. The van der Waals surface area contributed by atoms with Crippen LogP contribution in [0.25, 0.3) is 0 Å². The molecular formula is C14H20N2O. The number of likely N-dealkylation sites (N-methyl/N-ethyl adjacent to an activating group) is 1. The summed E-state index contributed by atoms with van der Waals surface area (Å²) in [7, 11) is 2.17. The SMILES string of the molecule is CN1CC2(CCNCC2)c2cc(CO)ccc21. The van der Waals surface area contributed by atoms with Gasteiger partial charge in [-0.25, -0.2) is 0 Å². The third-order valence-corrected chi connectivity index (χ3v) is 4.33. The van der Waals surface area contributed by atoms with E-state index in [1.165, 1.54) is 24.1 Å². The van der Waals surface area contributed by atoms with Gasteiger partial charge in [0.25, 0.3) is 0 Å². The van der Waals surface area contributed by atoms with Crippen molar-refractivity contribution < 1.29 is 5.11 Å². The number of piperidine rings is 1. The molecule has 0 bridgehead atoms. The molecule has 1 aromatic carbocycles. The van der Waals surface area contributed by atoms with Gasteiger partial charge in [0.05, 0.1) is 6.61 Å². The zero-order valence-corrected chi connectivity index (χ0v) is 10.4. The second kappa shape index (κ2) is 4.00. The predicted molar refractivity (Wildman–Crippen MR) is 69.4 cm³/mol. The van der Waals surface area contributed by atoms with Gasteiger partial charge in [0.15, 0.2) is 0 Å². The summed E-state index contributed by atoms with van der Waals surface area (Å²) in [5.74, 6) is 0. The molecule has 3 heteroatoms. The molecule has 2 aliphatic rings. The highest BCUT2D eigenvalue weighted by molar-refractivity contribution is 5.63. The van der Waals surface area contributed by atoms with Crippen LogP contribution in [-0.4, -0.2) is 31.8 Å². The number of anilines is 1. The Morgan fingerprint density at radius 1 is 1.35 bits per heavy atom. The quantitative estimate of drug-likeness (QED) is 0.765. The van der Waals surface area contributed by atoms with Crippen molar-refractivity contribution in [2.45, 2.75) is 24.9 Å². The molecule has 0 atom stereocenters. The van der Waals surface area contributed by atoms with Gasteiger partial charge in [0.1, 0.15) is 0 Å². The van der Waals surface area contributed by atoms with Gasteiger partial charge >= 0.3 is 0 Å². The van der Waals surface area contributed by atoms with E-state index in [0.29, 0.717) is 5.41 Å². The number of aliphatic hydroxyl groups excluding tert-OH is 1. The lowest BCUT2D eigenvalue weighted by Gasteiger charge is -2.34. The molecule has 1 saturated heterocycles. The Morgan fingerprint density at radius 2 is 2.12 bits per heavy atom. The first-order valence-electron chi connectivity index (χ1n) is 6.41. The van der Waals surface area contributed by atoms with Crippen LogP contribution in [0.1, 0.15) is 24.0 Å². The lowest BCUT2D eigenvalue weighted by Crippen LogP contribution is -2.42. The van der Waals surface area contributed by atoms with E-state index in [4.69, 9.17) is 0 Å². The normalized spacial score (nSPS) is 21.9. The predicted octanol–water partition coefficient (Wildman–Crippen LogP) is 1.25. The van der Waals surface area contributed by atoms with Crippen LogP contribution in [-0.2, 0) is 12.0 Å². The van der Waals surface area contributed by atoms with Crippen LogP contribution in [0, 0.1) is 0 Å². The van der Waals surface area contributed by atoms with Gasteiger partial charge in [-0.15, -0.1) is 0 Å². The number of hydrogen-bond acceptors (Lipinski definition) is 3. The van der Waals surface area contributed by atoms with Crippen LogP contribution in [0.4, 0.5) is 5.69 Å². The van der Waals surface area contributed by atoms with E-state index in [0.717, 1.165) is 25.2 Å². The molecule has 92 valence electrons. The molecule has 0 saturated carbocycles. The Bertz CT molecular complexity index is 424. The summed E-state index contributed by atoms with van der Waals surface area (Å²) >= 11 is 0. The molecule has 1 spiro atoms. The van der Waals surface area contributed by atoms with Crippen molar-refractivity contribution in [3.05, 3.63) is 29.3 Å². The topological polar surface area (TPSA) is 35.5 Å². The van der Waals surface area contributed by atoms with Crippen LogP contribution >= 0.6 is 0 Å². The van der Waals surface area contributed by atoms with E-state index in [2.05, 4.69) is 29.4 Å². The summed E-state index contributed by atoms with van der Waals surface area (Å²) in [4.78, 5) is 2.36. The fraction of sp³-hybridized carbons (Fsp3) is 0.571. The van der Waals surface area contributed by atoms with Gasteiger partial charge in [-0.2, -0.15) is 0 Å². The molecule has 2 N–H and O–H groups in total. The molecule has 1 fully saturated rings. The molecular weight excluding hydrogens is 212 g/mol. The monoisotopic (exact) mass is 232 g/mol. The van der Waals surface area contributed by atoms with E-state index in [9.17, 15) is 5.11 Å². The van der Waals surface area contributed by atoms with Crippen molar-refractivity contribution in [2.75, 3.05) is 31.6 Å². The van der Waals surface area contributed by atoms with Crippen molar-refractivity contribution in [3.63, 3.8) is 0 Å². The van der Waals surface area contributed by atoms with Crippen molar-refractivity contribution in [2.24, 2.45) is 0 Å². The van der Waals surface area contributed by atoms with Gasteiger partial charge in [0.2, 0.25) is 0 Å². The van der Waals surface area contributed by atoms with Crippen molar-refractivity contribution in [1.29, 1.82) is 0 Å². The number of hydrogen-bond donors (Lipinski definition) is 2. The lowest BCUT2D eigenvalue weighted by molar-refractivity contribution is 0.281. The average molecular weight is 232 g/mol. The van der Waals surface area contributed by atoms with Crippen LogP contribution in [0.15, 0.2) is 18.2 Å². The molecule has 0 aromatic heterocycles. The van der Waals surface area contributed by atoms with Crippen molar-refractivity contribution >= 4 is 5.69 Å². The Balaban J connectivity index is 2.06. The summed E-state index contributed by atoms with van der Waals surface area (Å²) in [6.45, 7) is 3.48. The number of rotatable bonds is 1. The maximum absolute atomic E-state index is 9.30. The first kappa shape index (κ1) is 11.1. The van der Waals surface area contributed by atoms with Gasteiger partial charge < -0.3 is 15.3 Å². The molecule has 0 aliphatic carbocycles. The molecule has 0 radical (unpaired) electrons. The average Bonchev–Trinajstić information content (AvgIpc) is 2.63. The van der Waals surface area contributed by atoms with E-state index in [1.807, 2.05) is 6.07 Å². The minimum absolute atomic E-state index is 0.144. The highest BCUT2D eigenvalue weighted by Crippen LogP contribution is 2.45. The third-order valence-electron chi connectivity index (χ3n) is 4.33. The second-order valence-corrected chi connectivity index (χ2v) is 5.40. The number of nitrogens with zero attached hydrogens (tertiary/aromatic N) is 1. The van der Waals surface area contributed by atoms with E-state index < -0.39 is 0 Å². The Kier molecular flexibility index (Phi) is 2.60. The first-order valence-corrected chi connectivity index (χ1v) is 6.41. The molecule has 1 aromatic rings. The fourth-order valence-corrected chi connectivity index (χ4v) is 3.40. The largest absolute Gasteiger partial charge is 0.392 e. The Labute approximate surface area is 102 Å². The molecule has 0 amide bonds. The standard InChI is InChI=1S/C14H20N2O/c1-16-10-14(4-6-15-7-5-14)12-8-11(9-17)2-3-13(12)16/h2-3,8,15,17H,4-7,9-10H2,1H3. The summed E-state index contributed by atoms with van der Waals surface area (Å²) in [5, 5.41) is 12.7. The van der Waals surface area contributed by atoms with Gasteiger partial charge in [-0.1, -0.05) is 12.1 Å². The molecule has 17 heavy (non-hydrogen) atoms. The van der Waals surface area contributed by atoms with Crippen molar-refractivity contribution in [1.82, 2.24) is 5.32 Å². The van der Waals surface area contributed by atoms with E-state index in [-0.39, 0.29) is 6.61 Å². The molecule has 2 aliphatic heterocycles.